The number of amides is 1. The molecule has 0 unspecified atom stereocenters. The van der Waals surface area contributed by atoms with Crippen molar-refractivity contribution < 1.29 is 9.53 Å². The highest BCUT2D eigenvalue weighted by Gasteiger charge is 2.29. The number of rotatable bonds is 6. The van der Waals surface area contributed by atoms with E-state index >= 15 is 0 Å². The van der Waals surface area contributed by atoms with E-state index in [0.717, 1.165) is 32.1 Å². The average Bonchev–Trinajstić information content (AvgIpc) is 2.67. The topological polar surface area (TPSA) is 87.9 Å². The molecule has 1 aromatic heterocycles. The number of aromatic nitrogens is 2. The molecule has 0 bridgehead atoms. The number of carbonyl (C=O) groups excluding carboxylic acids is 1. The van der Waals surface area contributed by atoms with Crippen molar-refractivity contribution in [1.82, 2.24) is 15.3 Å². The fourth-order valence-corrected chi connectivity index (χ4v) is 3.27. The summed E-state index contributed by atoms with van der Waals surface area (Å²) >= 11 is 0. The number of hydrogen-bond acceptors (Lipinski definition) is 5. The lowest BCUT2D eigenvalue weighted by Crippen LogP contribution is -2.39. The molecule has 6 nitrogen and oxygen atoms in total. The Morgan fingerprint density at radius 2 is 1.96 bits per heavy atom. The number of nitrogens with zero attached hydrogens (tertiary/aromatic N) is 3. The van der Waals surface area contributed by atoms with Crippen molar-refractivity contribution in [3.63, 3.8) is 0 Å². The molecule has 1 saturated carbocycles. The van der Waals surface area contributed by atoms with E-state index in [2.05, 4.69) is 21.4 Å². The van der Waals surface area contributed by atoms with Gasteiger partial charge in [-0.2, -0.15) is 5.26 Å². The van der Waals surface area contributed by atoms with E-state index in [1.807, 2.05) is 31.2 Å². The summed E-state index contributed by atoms with van der Waals surface area (Å²) in [5.74, 6) is -1.07. The Labute approximate surface area is 153 Å². The first-order valence-electron chi connectivity index (χ1n) is 9.32. The number of carbonyl (C=O) groups is 1. The van der Waals surface area contributed by atoms with Crippen LogP contribution in [0, 0.1) is 11.3 Å². The normalized spacial score (nSPS) is 16.0. The molecule has 6 heteroatoms. The van der Waals surface area contributed by atoms with E-state index in [1.165, 1.54) is 6.42 Å². The predicted octanol–water partition coefficient (Wildman–Crippen LogP) is 3.47. The molecular formula is C20H24N4O2. The molecule has 1 aliphatic rings. The highest BCUT2D eigenvalue weighted by molar-refractivity contribution is 5.87. The molecule has 0 radical (unpaired) electrons. The number of nitriles is 1. The summed E-state index contributed by atoms with van der Waals surface area (Å²) in [6, 6.07) is 9.63. The molecule has 26 heavy (non-hydrogen) atoms. The smallest absolute Gasteiger partial charge is 0.243 e. The van der Waals surface area contributed by atoms with Crippen LogP contribution in [-0.4, -0.2) is 28.5 Å². The van der Waals surface area contributed by atoms with Gasteiger partial charge in [-0.1, -0.05) is 38.3 Å². The molecule has 2 aromatic rings. The van der Waals surface area contributed by atoms with Crippen LogP contribution >= 0.6 is 0 Å². The number of benzene rings is 1. The number of para-hydroxylation sites is 2. The number of fused-ring (bicyclic) bond motifs is 1. The third kappa shape index (κ3) is 4.10. The van der Waals surface area contributed by atoms with E-state index in [9.17, 15) is 10.1 Å². The predicted molar refractivity (Wildman–Crippen MR) is 98.7 cm³/mol. The lowest BCUT2D eigenvalue weighted by atomic mass is 9.94. The summed E-state index contributed by atoms with van der Waals surface area (Å²) in [6.07, 6.45) is 6.17. The fourth-order valence-electron chi connectivity index (χ4n) is 3.27. The lowest BCUT2D eigenvalue weighted by Gasteiger charge is -2.24. The molecule has 3 rings (SSSR count). The molecule has 0 saturated heterocycles. The van der Waals surface area contributed by atoms with Crippen LogP contribution in [0.2, 0.25) is 0 Å². The highest BCUT2D eigenvalue weighted by atomic mass is 16.5. The Morgan fingerprint density at radius 1 is 1.27 bits per heavy atom. The standard InChI is InChI=1S/C20H24N4O2/c1-2-12-26-20-18(23-16-10-6-7-11-17(16)24-20)15(13-21)19(25)22-14-8-4-3-5-9-14/h6-7,10-11,14-15H,2-5,8-9,12H2,1H3,(H,22,25)/t15-/m1/s1. The van der Waals surface area contributed by atoms with Gasteiger partial charge in [0.2, 0.25) is 11.8 Å². The first kappa shape index (κ1) is 18.1. The van der Waals surface area contributed by atoms with Gasteiger partial charge in [-0.3, -0.25) is 4.79 Å². The molecule has 0 spiro atoms. The third-order valence-corrected chi connectivity index (χ3v) is 4.62. The van der Waals surface area contributed by atoms with Crippen molar-refractivity contribution in [2.24, 2.45) is 0 Å². The zero-order valence-corrected chi connectivity index (χ0v) is 15.1. The van der Waals surface area contributed by atoms with Crippen molar-refractivity contribution in [3.05, 3.63) is 30.0 Å². The zero-order chi connectivity index (χ0) is 18.4. The molecular weight excluding hydrogens is 328 g/mol. The molecule has 1 aliphatic carbocycles. The van der Waals surface area contributed by atoms with Crippen molar-refractivity contribution in [2.45, 2.75) is 57.4 Å². The van der Waals surface area contributed by atoms with E-state index in [1.54, 1.807) is 0 Å². The van der Waals surface area contributed by atoms with Crippen molar-refractivity contribution in [1.29, 1.82) is 5.26 Å². The maximum atomic E-state index is 12.7. The Hall–Kier alpha value is -2.68. The fraction of sp³-hybridized carbons (Fsp3) is 0.500. The van der Waals surface area contributed by atoms with Gasteiger partial charge in [-0.25, -0.2) is 9.97 Å². The van der Waals surface area contributed by atoms with Gasteiger partial charge in [-0.05, 0) is 31.4 Å². The molecule has 136 valence electrons. The summed E-state index contributed by atoms with van der Waals surface area (Å²) in [4.78, 5) is 21.8. The Morgan fingerprint density at radius 3 is 2.62 bits per heavy atom. The van der Waals surface area contributed by atoms with Gasteiger partial charge in [0.25, 0.3) is 0 Å². The van der Waals surface area contributed by atoms with Gasteiger partial charge in [-0.15, -0.1) is 0 Å². The zero-order valence-electron chi connectivity index (χ0n) is 15.1. The molecule has 1 heterocycles. The van der Waals surface area contributed by atoms with Crippen LogP contribution in [0.1, 0.15) is 57.1 Å². The summed E-state index contributed by atoms with van der Waals surface area (Å²) in [7, 11) is 0. The van der Waals surface area contributed by atoms with Crippen molar-refractivity contribution in [3.8, 4) is 11.9 Å². The van der Waals surface area contributed by atoms with Gasteiger partial charge in [0.15, 0.2) is 5.92 Å². The maximum Gasteiger partial charge on any atom is 0.243 e. The Bertz CT molecular complexity index is 809. The van der Waals surface area contributed by atoms with Crippen LogP contribution in [0.3, 0.4) is 0 Å². The lowest BCUT2D eigenvalue weighted by molar-refractivity contribution is -0.122. The summed E-state index contributed by atoms with van der Waals surface area (Å²) in [5, 5.41) is 12.7. The van der Waals surface area contributed by atoms with Crippen LogP contribution in [0.15, 0.2) is 24.3 Å². The number of nitrogens with one attached hydrogen (secondary N) is 1. The largest absolute Gasteiger partial charge is 0.476 e. The second-order valence-corrected chi connectivity index (χ2v) is 6.66. The highest BCUT2D eigenvalue weighted by Crippen LogP contribution is 2.27. The number of ether oxygens (including phenoxy) is 1. The minimum atomic E-state index is -1.03. The van der Waals surface area contributed by atoms with Crippen LogP contribution in [0.4, 0.5) is 0 Å². The second-order valence-electron chi connectivity index (χ2n) is 6.66. The van der Waals surface area contributed by atoms with Gasteiger partial charge < -0.3 is 10.1 Å². The quantitative estimate of drug-likeness (QED) is 0.860. The minimum absolute atomic E-state index is 0.139. The molecule has 1 amide bonds. The molecule has 0 aliphatic heterocycles. The molecule has 1 aromatic carbocycles. The van der Waals surface area contributed by atoms with Crippen LogP contribution in [0.5, 0.6) is 5.88 Å². The molecule has 1 atom stereocenters. The first-order valence-corrected chi connectivity index (χ1v) is 9.32. The summed E-state index contributed by atoms with van der Waals surface area (Å²) < 4.78 is 5.71. The van der Waals surface area contributed by atoms with Gasteiger partial charge in [0, 0.05) is 6.04 Å². The van der Waals surface area contributed by atoms with Crippen LogP contribution < -0.4 is 10.1 Å². The third-order valence-electron chi connectivity index (χ3n) is 4.62. The number of hydrogen-bond donors (Lipinski definition) is 1. The maximum absolute atomic E-state index is 12.7. The monoisotopic (exact) mass is 352 g/mol. The van der Waals surface area contributed by atoms with Crippen molar-refractivity contribution >= 4 is 16.9 Å². The van der Waals surface area contributed by atoms with Crippen LogP contribution in [0.25, 0.3) is 11.0 Å². The van der Waals surface area contributed by atoms with Gasteiger partial charge in [0.1, 0.15) is 5.69 Å². The molecule has 1 N–H and O–H groups in total. The SMILES string of the molecule is CCCOc1nc2ccccc2nc1[C@@H](C#N)C(=O)NC1CCCCC1. The van der Waals surface area contributed by atoms with Crippen LogP contribution in [-0.2, 0) is 4.79 Å². The van der Waals surface area contributed by atoms with Gasteiger partial charge >= 0.3 is 0 Å². The Balaban J connectivity index is 1.91. The second kappa shape index (κ2) is 8.61. The van der Waals surface area contributed by atoms with E-state index < -0.39 is 5.92 Å². The first-order chi connectivity index (χ1) is 12.7. The molecule has 1 fully saturated rings. The average molecular weight is 352 g/mol. The van der Waals surface area contributed by atoms with Gasteiger partial charge in [0.05, 0.1) is 23.7 Å². The summed E-state index contributed by atoms with van der Waals surface area (Å²) in [5.41, 5.74) is 1.64. The minimum Gasteiger partial charge on any atom is -0.476 e. The van der Waals surface area contributed by atoms with E-state index in [-0.39, 0.29) is 17.8 Å². The Kier molecular flexibility index (Phi) is 6.00. The van der Waals surface area contributed by atoms with Crippen molar-refractivity contribution in [2.75, 3.05) is 6.61 Å². The van der Waals surface area contributed by atoms with E-state index in [4.69, 9.17) is 4.74 Å². The summed E-state index contributed by atoms with van der Waals surface area (Å²) in [6.45, 7) is 2.45. The van der Waals surface area contributed by atoms with E-state index in [0.29, 0.717) is 23.3 Å².